The van der Waals surface area contributed by atoms with Crippen molar-refractivity contribution in [2.45, 2.75) is 32.6 Å². The molecule has 5 aliphatic carbocycles. The van der Waals surface area contributed by atoms with Crippen LogP contribution in [0.4, 0.5) is 0 Å². The number of pyridine rings is 1. The summed E-state index contributed by atoms with van der Waals surface area (Å²) in [5.41, 5.74) is 21.0. The second-order valence-corrected chi connectivity index (χ2v) is 16.9. The number of nitrogens with zero attached hydrogens (tertiary/aromatic N) is 1. The van der Waals surface area contributed by atoms with Crippen LogP contribution in [0.25, 0.3) is 62.4 Å². The summed E-state index contributed by atoms with van der Waals surface area (Å²) in [7, 11) is 0. The summed E-state index contributed by atoms with van der Waals surface area (Å²) in [4.78, 5) is 5.83. The highest BCUT2D eigenvalue weighted by Gasteiger charge is 2.41. The molecule has 0 aliphatic heterocycles. The molecule has 282 valence electrons. The maximum absolute atomic E-state index is 5.83. The van der Waals surface area contributed by atoms with Gasteiger partial charge in [0.25, 0.3) is 0 Å². The first kappa shape index (κ1) is 35.9. The van der Waals surface area contributed by atoms with E-state index in [1.54, 1.807) is 0 Å². The Morgan fingerprint density at radius 3 is 2.48 bits per heavy atom. The predicted octanol–water partition coefficient (Wildman–Crippen LogP) is 11.6. The van der Waals surface area contributed by atoms with Gasteiger partial charge in [-0.3, -0.25) is 4.98 Å². The molecule has 2 heteroatoms. The van der Waals surface area contributed by atoms with Crippen LogP contribution in [0.5, 0.6) is 0 Å². The van der Waals surface area contributed by atoms with E-state index in [4.69, 9.17) is 10.7 Å². The van der Waals surface area contributed by atoms with Crippen molar-refractivity contribution in [2.24, 2.45) is 29.4 Å². The predicted molar refractivity (Wildman–Crippen MR) is 247 cm³/mol. The van der Waals surface area contributed by atoms with Crippen LogP contribution in [0.2, 0.25) is 0 Å². The first-order valence-corrected chi connectivity index (χ1v) is 20.7. The van der Waals surface area contributed by atoms with E-state index in [0.717, 1.165) is 34.5 Å². The zero-order valence-electron chi connectivity index (χ0n) is 33.5. The second kappa shape index (κ2) is 14.1. The highest BCUT2D eigenvalue weighted by molar-refractivity contribution is 6.08. The summed E-state index contributed by atoms with van der Waals surface area (Å²) in [5.74, 6) is 1.12. The smallest absolute Gasteiger partial charge is 0.0750 e. The van der Waals surface area contributed by atoms with E-state index in [2.05, 4.69) is 179 Å². The molecule has 2 N–H and O–H groups in total. The molecule has 5 unspecified atom stereocenters. The van der Waals surface area contributed by atoms with Gasteiger partial charge < -0.3 is 5.73 Å². The molecule has 10 rings (SSSR count). The molecule has 0 radical (unpaired) electrons. The molecular formula is C56H48N2. The molecular weight excluding hydrogens is 701 g/mol. The Kier molecular flexibility index (Phi) is 8.75. The molecule has 2 nitrogen and oxygen atoms in total. The van der Waals surface area contributed by atoms with Gasteiger partial charge in [0.15, 0.2) is 0 Å². The van der Waals surface area contributed by atoms with Crippen molar-refractivity contribution < 1.29 is 0 Å². The SMILES string of the molecule is C=C(/C=C\C=C/N)c1ccc(-c2cc(C3(C)C=c4ccccc4=C4C=CC=CC43)nc3c2C=C(c2cc4c(c5ccccc25)CC(C)C=C4)C2C3=CC=CC2C)cc1. The van der Waals surface area contributed by atoms with Gasteiger partial charge in [0.2, 0.25) is 0 Å². The Hall–Kier alpha value is -6.51. The fourth-order valence-electron chi connectivity index (χ4n) is 10.2. The molecule has 5 aliphatic rings. The van der Waals surface area contributed by atoms with Crippen LogP contribution < -0.4 is 16.2 Å². The van der Waals surface area contributed by atoms with Gasteiger partial charge in [-0.05, 0) is 133 Å². The van der Waals surface area contributed by atoms with Crippen LogP contribution >= 0.6 is 0 Å². The number of fused-ring (bicyclic) bond motifs is 8. The monoisotopic (exact) mass is 748 g/mol. The lowest BCUT2D eigenvalue weighted by Gasteiger charge is -2.40. The van der Waals surface area contributed by atoms with Gasteiger partial charge in [-0.2, -0.15) is 0 Å². The Morgan fingerprint density at radius 2 is 1.64 bits per heavy atom. The van der Waals surface area contributed by atoms with E-state index in [1.807, 2.05) is 18.2 Å². The van der Waals surface area contributed by atoms with Gasteiger partial charge in [-0.25, -0.2) is 0 Å². The Bertz CT molecular complexity index is 2940. The lowest BCUT2D eigenvalue weighted by molar-refractivity contribution is 0.522. The number of hydrogen-bond donors (Lipinski definition) is 1. The lowest BCUT2D eigenvalue weighted by atomic mass is 9.65. The Labute approximate surface area is 342 Å². The molecule has 1 heterocycles. The number of nitrogens with two attached hydrogens (primary N) is 1. The number of rotatable bonds is 6. The molecule has 58 heavy (non-hydrogen) atoms. The quantitative estimate of drug-likeness (QED) is 0.176. The first-order valence-electron chi connectivity index (χ1n) is 20.7. The molecule has 5 atom stereocenters. The maximum Gasteiger partial charge on any atom is 0.0750 e. The van der Waals surface area contributed by atoms with Crippen LogP contribution in [-0.4, -0.2) is 4.98 Å². The zero-order valence-corrected chi connectivity index (χ0v) is 33.5. The number of allylic oxidation sites excluding steroid dienone is 14. The summed E-state index contributed by atoms with van der Waals surface area (Å²) >= 11 is 0. The molecule has 0 bridgehead atoms. The Morgan fingerprint density at radius 1 is 0.828 bits per heavy atom. The molecule has 0 amide bonds. The summed E-state index contributed by atoms with van der Waals surface area (Å²) in [6.45, 7) is 11.4. The molecule has 0 fully saturated rings. The van der Waals surface area contributed by atoms with Crippen LogP contribution in [-0.2, 0) is 11.8 Å². The normalized spacial score (nSPS) is 23.8. The maximum atomic E-state index is 5.83. The van der Waals surface area contributed by atoms with Crippen LogP contribution in [0, 0.1) is 23.7 Å². The van der Waals surface area contributed by atoms with Gasteiger partial charge in [-0.1, -0.05) is 166 Å². The van der Waals surface area contributed by atoms with Crippen molar-refractivity contribution in [1.82, 2.24) is 4.98 Å². The van der Waals surface area contributed by atoms with Crippen molar-refractivity contribution in [3.63, 3.8) is 0 Å². The molecule has 0 spiro atoms. The molecule has 0 saturated heterocycles. The van der Waals surface area contributed by atoms with E-state index in [-0.39, 0.29) is 11.8 Å². The molecule has 0 saturated carbocycles. The van der Waals surface area contributed by atoms with E-state index >= 15 is 0 Å². The van der Waals surface area contributed by atoms with Crippen LogP contribution in [0.1, 0.15) is 60.0 Å². The van der Waals surface area contributed by atoms with E-state index in [1.165, 1.54) is 71.9 Å². The second-order valence-electron chi connectivity index (χ2n) is 16.9. The van der Waals surface area contributed by atoms with Gasteiger partial charge >= 0.3 is 0 Å². The van der Waals surface area contributed by atoms with Crippen molar-refractivity contribution in [2.75, 3.05) is 0 Å². The van der Waals surface area contributed by atoms with E-state index in [0.29, 0.717) is 11.8 Å². The molecule has 4 aromatic carbocycles. The summed E-state index contributed by atoms with van der Waals surface area (Å²) in [6.07, 6.45) is 34.1. The third kappa shape index (κ3) is 5.81. The highest BCUT2D eigenvalue weighted by atomic mass is 14.8. The van der Waals surface area contributed by atoms with Crippen molar-refractivity contribution in [3.05, 3.63) is 214 Å². The average Bonchev–Trinajstić information content (AvgIpc) is 3.26. The van der Waals surface area contributed by atoms with Gasteiger partial charge in [0.1, 0.15) is 0 Å². The molecule has 5 aromatic rings. The highest BCUT2D eigenvalue weighted by Crippen LogP contribution is 2.53. The van der Waals surface area contributed by atoms with Gasteiger partial charge in [0.05, 0.1) is 11.4 Å². The standard InChI is InChI=1S/C56H48N2/c1-35-23-24-40-31-49(44-19-8-7-18-43(44)47(40)30-35)50-32-51-48(39-27-25-38(26-28-39)36(2)14-11-12-29-57)33-53(58-55(51)46-21-13-15-37(3)54(46)50)56(4)34-41-16-5-6-17-42(41)45-20-9-10-22-52(45)56/h5-29,31-35,37,52,54H,2,30,57H2,1,3-4H3/b14-11-,29-12-. The topological polar surface area (TPSA) is 38.9 Å². The van der Waals surface area contributed by atoms with Crippen molar-refractivity contribution in [3.8, 4) is 11.1 Å². The summed E-state index contributed by atoms with van der Waals surface area (Å²) in [6, 6.07) is 31.7. The minimum Gasteiger partial charge on any atom is -0.405 e. The fourth-order valence-corrected chi connectivity index (χ4v) is 10.2. The first-order chi connectivity index (χ1) is 28.3. The van der Waals surface area contributed by atoms with Crippen LogP contribution in [0.15, 0.2) is 165 Å². The lowest BCUT2D eigenvalue weighted by Crippen LogP contribution is -2.44. The largest absolute Gasteiger partial charge is 0.405 e. The van der Waals surface area contributed by atoms with Crippen LogP contribution in [0.3, 0.4) is 0 Å². The molecule has 1 aromatic heterocycles. The fraction of sp³-hybridized carbons (Fsp3) is 0.161. The third-order valence-electron chi connectivity index (χ3n) is 13.2. The number of benzene rings is 4. The van der Waals surface area contributed by atoms with Crippen molar-refractivity contribution >= 4 is 51.3 Å². The summed E-state index contributed by atoms with van der Waals surface area (Å²) < 4.78 is 0. The van der Waals surface area contributed by atoms with E-state index < -0.39 is 5.41 Å². The Balaban J connectivity index is 1.24. The van der Waals surface area contributed by atoms with Crippen molar-refractivity contribution in [1.29, 1.82) is 0 Å². The number of aromatic nitrogens is 1. The van der Waals surface area contributed by atoms with Gasteiger partial charge in [-0.15, -0.1) is 0 Å². The minimum absolute atomic E-state index is 0.146. The third-order valence-corrected chi connectivity index (χ3v) is 13.2. The van der Waals surface area contributed by atoms with Gasteiger partial charge in [0, 0.05) is 22.8 Å². The average molecular weight is 749 g/mol. The van der Waals surface area contributed by atoms with E-state index in [9.17, 15) is 0 Å². The summed E-state index contributed by atoms with van der Waals surface area (Å²) in [5, 5.41) is 5.26. The zero-order chi connectivity index (χ0) is 39.5. The minimum atomic E-state index is -0.390. The number of hydrogen-bond acceptors (Lipinski definition) is 2.